The van der Waals surface area contributed by atoms with E-state index in [4.69, 9.17) is 15.6 Å². The van der Waals surface area contributed by atoms with Crippen LogP contribution in [0.4, 0.5) is 5.69 Å². The highest BCUT2D eigenvalue weighted by molar-refractivity contribution is 5.79. The topological polar surface area (TPSA) is 97.5 Å². The Balaban J connectivity index is 2.53. The number of nitrogens with one attached hydrogen (secondary N) is 1. The van der Waals surface area contributed by atoms with Crippen molar-refractivity contribution in [2.75, 3.05) is 19.0 Å². The zero-order valence-electron chi connectivity index (χ0n) is 8.30. The van der Waals surface area contributed by atoms with Gasteiger partial charge in [-0.05, 0) is 6.07 Å². The van der Waals surface area contributed by atoms with Crippen LogP contribution in [0.25, 0.3) is 0 Å². The van der Waals surface area contributed by atoms with Crippen molar-refractivity contribution in [3.63, 3.8) is 0 Å². The Morgan fingerprint density at radius 1 is 1.80 bits per heavy atom. The van der Waals surface area contributed by atoms with Gasteiger partial charge in [-0.1, -0.05) is 0 Å². The van der Waals surface area contributed by atoms with Gasteiger partial charge in [-0.25, -0.2) is 4.98 Å². The number of hydrogen-bond donors (Lipinski definition) is 3. The van der Waals surface area contributed by atoms with Crippen LogP contribution >= 0.6 is 0 Å². The predicted molar refractivity (Wildman–Crippen MR) is 54.5 cm³/mol. The van der Waals surface area contributed by atoms with Crippen LogP contribution < -0.4 is 15.8 Å². The second-order valence-electron chi connectivity index (χ2n) is 2.89. The van der Waals surface area contributed by atoms with Crippen LogP contribution in [0.5, 0.6) is 5.88 Å². The molecule has 4 N–H and O–H groups in total. The molecule has 1 unspecified atom stereocenters. The lowest BCUT2D eigenvalue weighted by atomic mass is 10.3. The van der Waals surface area contributed by atoms with Crippen molar-refractivity contribution in [3.05, 3.63) is 18.3 Å². The Morgan fingerprint density at radius 2 is 2.53 bits per heavy atom. The maximum absolute atomic E-state index is 10.5. The van der Waals surface area contributed by atoms with Crippen LogP contribution in [-0.4, -0.2) is 35.8 Å². The molecule has 0 aliphatic heterocycles. The van der Waals surface area contributed by atoms with Crippen LogP contribution in [-0.2, 0) is 4.79 Å². The highest BCUT2D eigenvalue weighted by Gasteiger charge is 2.09. The molecule has 0 fully saturated rings. The lowest BCUT2D eigenvalue weighted by molar-refractivity contribution is -0.125. The van der Waals surface area contributed by atoms with E-state index in [2.05, 4.69) is 10.3 Å². The van der Waals surface area contributed by atoms with E-state index < -0.39 is 12.0 Å². The largest absolute Gasteiger partial charge is 0.481 e. The zero-order chi connectivity index (χ0) is 11.3. The summed E-state index contributed by atoms with van der Waals surface area (Å²) in [4.78, 5) is 14.4. The third-order valence-corrected chi connectivity index (χ3v) is 1.77. The number of ether oxygens (including phenoxy) is 1. The summed E-state index contributed by atoms with van der Waals surface area (Å²) in [6.07, 6.45) is 0.349. The van der Waals surface area contributed by atoms with Crippen molar-refractivity contribution in [2.24, 2.45) is 5.73 Å². The standard InChI is InChI=1S/C9H13N3O3/c1-15-8-4-6(2-3-11-8)12-5-7(13)9(10)14/h2-4,7,13H,5H2,1H3,(H2,10,14)(H,11,12). The Bertz CT molecular complexity index is 343. The highest BCUT2D eigenvalue weighted by atomic mass is 16.5. The first-order valence-electron chi connectivity index (χ1n) is 4.35. The molecule has 6 nitrogen and oxygen atoms in total. The number of aromatic nitrogens is 1. The number of hydrogen-bond acceptors (Lipinski definition) is 5. The average Bonchev–Trinajstić information content (AvgIpc) is 2.26. The number of carbonyl (C=O) groups excluding carboxylic acids is 1. The molecule has 0 saturated carbocycles. The number of anilines is 1. The number of amides is 1. The molecular formula is C9H13N3O3. The molecule has 1 amide bonds. The minimum Gasteiger partial charge on any atom is -0.481 e. The summed E-state index contributed by atoms with van der Waals surface area (Å²) in [5.74, 6) is -0.308. The second kappa shape index (κ2) is 5.16. The number of rotatable bonds is 5. The number of nitrogens with two attached hydrogens (primary N) is 1. The molecule has 1 aromatic heterocycles. The molecule has 0 bridgehead atoms. The fourth-order valence-corrected chi connectivity index (χ4v) is 0.946. The van der Waals surface area contributed by atoms with Crippen LogP contribution in [0.1, 0.15) is 0 Å². The monoisotopic (exact) mass is 211 g/mol. The van der Waals surface area contributed by atoms with E-state index in [1.165, 1.54) is 7.11 Å². The second-order valence-corrected chi connectivity index (χ2v) is 2.89. The maximum Gasteiger partial charge on any atom is 0.248 e. The van der Waals surface area contributed by atoms with Gasteiger partial charge < -0.3 is 20.9 Å². The number of aliphatic hydroxyl groups is 1. The van der Waals surface area contributed by atoms with E-state index in [9.17, 15) is 4.79 Å². The Kier molecular flexibility index (Phi) is 3.87. The van der Waals surface area contributed by atoms with Gasteiger partial charge in [0.1, 0.15) is 6.10 Å². The molecule has 15 heavy (non-hydrogen) atoms. The van der Waals surface area contributed by atoms with Gasteiger partial charge in [0.05, 0.1) is 7.11 Å². The summed E-state index contributed by atoms with van der Waals surface area (Å²) in [7, 11) is 1.50. The van der Waals surface area contributed by atoms with Crippen molar-refractivity contribution >= 4 is 11.6 Å². The first-order chi connectivity index (χ1) is 7.13. The minimum absolute atomic E-state index is 0.0580. The van der Waals surface area contributed by atoms with Crippen LogP contribution in [0.15, 0.2) is 18.3 Å². The molecule has 1 atom stereocenters. The molecule has 0 aromatic carbocycles. The molecule has 1 heterocycles. The molecule has 0 spiro atoms. The van der Waals surface area contributed by atoms with E-state index in [1.807, 2.05) is 0 Å². The van der Waals surface area contributed by atoms with Crippen molar-refractivity contribution in [2.45, 2.75) is 6.10 Å². The normalized spacial score (nSPS) is 11.9. The quantitative estimate of drug-likeness (QED) is 0.601. The fourth-order valence-electron chi connectivity index (χ4n) is 0.946. The molecular weight excluding hydrogens is 198 g/mol. The predicted octanol–water partition coefficient (Wildman–Crippen LogP) is -0.652. The number of nitrogens with zero attached hydrogens (tertiary/aromatic N) is 1. The first kappa shape index (κ1) is 11.3. The van der Waals surface area contributed by atoms with Gasteiger partial charge >= 0.3 is 0 Å². The summed E-state index contributed by atoms with van der Waals surface area (Å²) in [5, 5.41) is 12.0. The van der Waals surface area contributed by atoms with Crippen LogP contribution in [0.2, 0.25) is 0 Å². The smallest absolute Gasteiger partial charge is 0.248 e. The van der Waals surface area contributed by atoms with Crippen molar-refractivity contribution in [1.82, 2.24) is 4.98 Å². The van der Waals surface area contributed by atoms with E-state index in [1.54, 1.807) is 18.3 Å². The summed E-state index contributed by atoms with van der Waals surface area (Å²) in [6, 6.07) is 3.34. The third-order valence-electron chi connectivity index (χ3n) is 1.77. The molecule has 82 valence electrons. The highest BCUT2D eigenvalue weighted by Crippen LogP contribution is 2.12. The summed E-state index contributed by atoms with van der Waals surface area (Å²) >= 11 is 0. The van der Waals surface area contributed by atoms with E-state index >= 15 is 0 Å². The lowest BCUT2D eigenvalue weighted by Gasteiger charge is -2.09. The Hall–Kier alpha value is -1.82. The number of aliphatic hydroxyl groups excluding tert-OH is 1. The van der Waals surface area contributed by atoms with Gasteiger partial charge in [0, 0.05) is 24.5 Å². The van der Waals surface area contributed by atoms with Crippen LogP contribution in [0.3, 0.4) is 0 Å². The van der Waals surface area contributed by atoms with Gasteiger partial charge in [-0.3, -0.25) is 4.79 Å². The molecule has 6 heteroatoms. The number of primary amides is 1. The Labute approximate surface area is 87.1 Å². The SMILES string of the molecule is COc1cc(NCC(O)C(N)=O)ccn1. The Morgan fingerprint density at radius 3 is 3.13 bits per heavy atom. The first-order valence-corrected chi connectivity index (χ1v) is 4.35. The molecule has 0 saturated heterocycles. The lowest BCUT2D eigenvalue weighted by Crippen LogP contribution is -2.34. The average molecular weight is 211 g/mol. The van der Waals surface area contributed by atoms with Crippen molar-refractivity contribution in [3.8, 4) is 5.88 Å². The molecule has 1 rings (SSSR count). The van der Waals surface area contributed by atoms with Gasteiger partial charge in [0.2, 0.25) is 11.8 Å². The van der Waals surface area contributed by atoms with E-state index in [-0.39, 0.29) is 6.54 Å². The summed E-state index contributed by atoms with van der Waals surface area (Å²) in [5.41, 5.74) is 5.59. The van der Waals surface area contributed by atoms with Gasteiger partial charge in [0.15, 0.2) is 0 Å². The van der Waals surface area contributed by atoms with Gasteiger partial charge in [-0.2, -0.15) is 0 Å². The zero-order valence-corrected chi connectivity index (χ0v) is 8.30. The third kappa shape index (κ3) is 3.43. The van der Waals surface area contributed by atoms with E-state index in [0.717, 1.165) is 0 Å². The van der Waals surface area contributed by atoms with Gasteiger partial charge in [0.25, 0.3) is 0 Å². The minimum atomic E-state index is -1.20. The number of pyridine rings is 1. The summed E-state index contributed by atoms with van der Waals surface area (Å²) in [6.45, 7) is 0.0580. The molecule has 0 aliphatic rings. The number of carbonyl (C=O) groups is 1. The van der Waals surface area contributed by atoms with Crippen LogP contribution in [0, 0.1) is 0 Å². The van der Waals surface area contributed by atoms with Crippen molar-refractivity contribution < 1.29 is 14.6 Å². The summed E-state index contributed by atoms with van der Waals surface area (Å²) < 4.78 is 4.90. The number of methoxy groups -OCH3 is 1. The molecule has 1 aromatic rings. The van der Waals surface area contributed by atoms with Gasteiger partial charge in [-0.15, -0.1) is 0 Å². The molecule has 0 aliphatic carbocycles. The van der Waals surface area contributed by atoms with E-state index in [0.29, 0.717) is 11.6 Å². The fraction of sp³-hybridized carbons (Fsp3) is 0.333. The molecule has 0 radical (unpaired) electrons. The van der Waals surface area contributed by atoms with Crippen molar-refractivity contribution in [1.29, 1.82) is 0 Å². The maximum atomic E-state index is 10.5.